The van der Waals surface area contributed by atoms with Gasteiger partial charge in [0.25, 0.3) is 5.91 Å². The van der Waals surface area contributed by atoms with Crippen molar-refractivity contribution < 1.29 is 22.8 Å². The number of nitrogens with zero attached hydrogens (tertiary/aromatic N) is 1. The van der Waals surface area contributed by atoms with Crippen LogP contribution in [0.15, 0.2) is 53.4 Å². The van der Waals surface area contributed by atoms with Gasteiger partial charge in [0.15, 0.2) is 6.54 Å². The van der Waals surface area contributed by atoms with E-state index in [9.17, 15) is 13.2 Å². The molecule has 28 heavy (non-hydrogen) atoms. The van der Waals surface area contributed by atoms with Gasteiger partial charge in [-0.2, -0.15) is 0 Å². The number of sulfonamides is 1. The number of amides is 1. The molecule has 1 amide bonds. The standard InChI is InChI=1S/C20H27N3O4S/c1-5-23(14-16-9-7-6-8-10-16)15-20(24)21-18-13-17(11-12-19(18)27-4)28(25,26)22(2)3/h6-13H,5,14-15H2,1-4H3,(H,21,24)/p+1. The highest BCUT2D eigenvalue weighted by molar-refractivity contribution is 7.89. The Kier molecular flexibility index (Phi) is 7.56. The topological polar surface area (TPSA) is 80.2 Å². The summed E-state index contributed by atoms with van der Waals surface area (Å²) in [5.41, 5.74) is 1.49. The summed E-state index contributed by atoms with van der Waals surface area (Å²) < 4.78 is 31.1. The molecule has 0 fully saturated rings. The van der Waals surface area contributed by atoms with Crippen LogP contribution in [0.1, 0.15) is 12.5 Å². The number of hydrogen-bond acceptors (Lipinski definition) is 4. The molecule has 0 saturated heterocycles. The molecule has 0 saturated carbocycles. The Bertz CT molecular complexity index is 899. The zero-order chi connectivity index (χ0) is 20.7. The van der Waals surface area contributed by atoms with E-state index < -0.39 is 10.0 Å². The Morgan fingerprint density at radius 2 is 1.82 bits per heavy atom. The minimum absolute atomic E-state index is 0.0950. The molecule has 7 nitrogen and oxygen atoms in total. The van der Waals surface area contributed by atoms with E-state index in [0.29, 0.717) is 11.4 Å². The fourth-order valence-electron chi connectivity index (χ4n) is 2.77. The molecule has 1 atom stereocenters. The number of quaternary nitrogens is 1. The number of nitrogens with one attached hydrogen (secondary N) is 2. The summed E-state index contributed by atoms with van der Waals surface area (Å²) in [6.45, 7) is 3.81. The molecule has 2 rings (SSSR count). The predicted octanol–water partition coefficient (Wildman–Crippen LogP) is 0.989. The van der Waals surface area contributed by atoms with E-state index in [1.165, 1.54) is 33.3 Å². The highest BCUT2D eigenvalue weighted by Crippen LogP contribution is 2.28. The van der Waals surface area contributed by atoms with E-state index in [2.05, 4.69) is 5.32 Å². The van der Waals surface area contributed by atoms with Crippen molar-refractivity contribution in [3.05, 3.63) is 54.1 Å². The molecular formula is C20H28N3O4S+. The lowest BCUT2D eigenvalue weighted by Crippen LogP contribution is -3.11. The van der Waals surface area contributed by atoms with Gasteiger partial charge in [-0.3, -0.25) is 4.79 Å². The molecule has 0 aliphatic carbocycles. The quantitative estimate of drug-likeness (QED) is 0.651. The fourth-order valence-corrected chi connectivity index (χ4v) is 3.70. The fraction of sp³-hybridized carbons (Fsp3) is 0.350. The summed E-state index contributed by atoms with van der Waals surface area (Å²) in [5, 5.41) is 2.80. The van der Waals surface area contributed by atoms with Crippen LogP contribution in [0, 0.1) is 0 Å². The van der Waals surface area contributed by atoms with Crippen molar-refractivity contribution in [2.75, 3.05) is 39.6 Å². The first-order chi connectivity index (χ1) is 13.3. The van der Waals surface area contributed by atoms with Gasteiger partial charge in [0, 0.05) is 19.7 Å². The maximum Gasteiger partial charge on any atom is 0.279 e. The van der Waals surface area contributed by atoms with Gasteiger partial charge < -0.3 is 15.0 Å². The Balaban J connectivity index is 2.15. The number of methoxy groups -OCH3 is 1. The van der Waals surface area contributed by atoms with Gasteiger partial charge in [0.1, 0.15) is 12.3 Å². The van der Waals surface area contributed by atoms with E-state index in [1.54, 1.807) is 6.07 Å². The normalized spacial score (nSPS) is 12.6. The minimum atomic E-state index is -3.61. The molecule has 0 aliphatic rings. The molecule has 0 bridgehead atoms. The van der Waals surface area contributed by atoms with Gasteiger partial charge >= 0.3 is 0 Å². The second kappa shape index (κ2) is 9.68. The van der Waals surface area contributed by atoms with Crippen LogP contribution in [0.2, 0.25) is 0 Å². The highest BCUT2D eigenvalue weighted by atomic mass is 32.2. The molecule has 0 spiro atoms. The average molecular weight is 407 g/mol. The second-order valence-corrected chi connectivity index (χ2v) is 8.79. The number of benzene rings is 2. The SMILES string of the molecule is CC[NH+](CC(=O)Nc1cc(S(=O)(=O)N(C)C)ccc1OC)Cc1ccccc1. The summed E-state index contributed by atoms with van der Waals surface area (Å²) in [4.78, 5) is 13.8. The Hall–Kier alpha value is -2.42. The van der Waals surface area contributed by atoms with E-state index in [1.807, 2.05) is 37.3 Å². The number of hydrogen-bond donors (Lipinski definition) is 2. The maximum atomic E-state index is 12.6. The average Bonchev–Trinajstić information content (AvgIpc) is 2.68. The molecule has 1 unspecified atom stereocenters. The zero-order valence-electron chi connectivity index (χ0n) is 16.7. The Morgan fingerprint density at radius 3 is 2.39 bits per heavy atom. The maximum absolute atomic E-state index is 12.6. The van der Waals surface area contributed by atoms with Crippen molar-refractivity contribution in [1.82, 2.24) is 4.31 Å². The summed E-state index contributed by atoms with van der Waals surface area (Å²) in [5.74, 6) is 0.206. The number of anilines is 1. The lowest BCUT2D eigenvalue weighted by atomic mass is 10.2. The Labute approximate surface area is 167 Å². The number of likely N-dealkylation sites (N-methyl/N-ethyl adjacent to an activating group) is 1. The van der Waals surface area contributed by atoms with Gasteiger partial charge in [-0.15, -0.1) is 0 Å². The Morgan fingerprint density at radius 1 is 1.14 bits per heavy atom. The monoisotopic (exact) mass is 406 g/mol. The molecule has 0 aromatic heterocycles. The number of carbonyl (C=O) groups excluding carboxylic acids is 1. The van der Waals surface area contributed by atoms with Crippen LogP contribution in [0.3, 0.4) is 0 Å². The first kappa shape index (κ1) is 21.9. The molecular weight excluding hydrogens is 378 g/mol. The van der Waals surface area contributed by atoms with Crippen molar-refractivity contribution in [1.29, 1.82) is 0 Å². The summed E-state index contributed by atoms with van der Waals surface area (Å²) in [6, 6.07) is 14.4. The van der Waals surface area contributed by atoms with Crippen molar-refractivity contribution in [2.24, 2.45) is 0 Å². The first-order valence-electron chi connectivity index (χ1n) is 9.05. The molecule has 2 N–H and O–H groups in total. The molecule has 8 heteroatoms. The molecule has 0 radical (unpaired) electrons. The van der Waals surface area contributed by atoms with Crippen LogP contribution in [-0.4, -0.2) is 52.9 Å². The second-order valence-electron chi connectivity index (χ2n) is 6.64. The van der Waals surface area contributed by atoms with Crippen LogP contribution in [0.4, 0.5) is 5.69 Å². The van der Waals surface area contributed by atoms with Crippen molar-refractivity contribution in [2.45, 2.75) is 18.4 Å². The van der Waals surface area contributed by atoms with Crippen LogP contribution in [0.5, 0.6) is 5.75 Å². The molecule has 152 valence electrons. The minimum Gasteiger partial charge on any atom is -0.495 e. The van der Waals surface area contributed by atoms with E-state index in [-0.39, 0.29) is 17.3 Å². The van der Waals surface area contributed by atoms with E-state index in [0.717, 1.165) is 27.9 Å². The predicted molar refractivity (Wildman–Crippen MR) is 109 cm³/mol. The van der Waals surface area contributed by atoms with Gasteiger partial charge in [-0.25, -0.2) is 12.7 Å². The van der Waals surface area contributed by atoms with Gasteiger partial charge in [0.2, 0.25) is 10.0 Å². The third-order valence-electron chi connectivity index (χ3n) is 4.43. The van der Waals surface area contributed by atoms with Crippen LogP contribution >= 0.6 is 0 Å². The van der Waals surface area contributed by atoms with Crippen molar-refractivity contribution in [3.63, 3.8) is 0 Å². The summed E-state index contributed by atoms with van der Waals surface area (Å²) >= 11 is 0. The number of ether oxygens (including phenoxy) is 1. The smallest absolute Gasteiger partial charge is 0.279 e. The molecule has 0 heterocycles. The van der Waals surface area contributed by atoms with Gasteiger partial charge in [0.05, 0.1) is 24.2 Å². The first-order valence-corrected chi connectivity index (χ1v) is 10.5. The lowest BCUT2D eigenvalue weighted by molar-refractivity contribution is -0.903. The molecule has 2 aromatic rings. The third kappa shape index (κ3) is 5.54. The van der Waals surface area contributed by atoms with Gasteiger partial charge in [-0.05, 0) is 25.1 Å². The molecule has 0 aliphatic heterocycles. The van der Waals surface area contributed by atoms with E-state index >= 15 is 0 Å². The van der Waals surface area contributed by atoms with Gasteiger partial charge in [-0.1, -0.05) is 30.3 Å². The molecule has 2 aromatic carbocycles. The highest BCUT2D eigenvalue weighted by Gasteiger charge is 2.21. The van der Waals surface area contributed by atoms with E-state index in [4.69, 9.17) is 4.74 Å². The van der Waals surface area contributed by atoms with Crippen LogP contribution in [0.25, 0.3) is 0 Å². The number of carbonyl (C=O) groups is 1. The lowest BCUT2D eigenvalue weighted by Gasteiger charge is -2.18. The van der Waals surface area contributed by atoms with Crippen molar-refractivity contribution in [3.8, 4) is 5.75 Å². The largest absolute Gasteiger partial charge is 0.495 e. The summed E-state index contributed by atoms with van der Waals surface area (Å²) in [6.07, 6.45) is 0. The van der Waals surface area contributed by atoms with Crippen molar-refractivity contribution >= 4 is 21.6 Å². The van der Waals surface area contributed by atoms with Crippen LogP contribution in [-0.2, 0) is 21.4 Å². The summed E-state index contributed by atoms with van der Waals surface area (Å²) in [7, 11) is 0.793. The third-order valence-corrected chi connectivity index (χ3v) is 6.24. The zero-order valence-corrected chi connectivity index (χ0v) is 17.5. The van der Waals surface area contributed by atoms with Crippen LogP contribution < -0.4 is 15.0 Å². The number of rotatable bonds is 9.